The quantitative estimate of drug-likeness (QED) is 0.167. The van der Waals surface area contributed by atoms with E-state index in [1.807, 2.05) is 6.07 Å². The van der Waals surface area contributed by atoms with Crippen LogP contribution in [-0.4, -0.2) is 33.4 Å². The first-order chi connectivity index (χ1) is 16.9. The molecule has 0 aromatic heterocycles. The lowest BCUT2D eigenvalue weighted by Gasteiger charge is -2.22. The monoisotopic (exact) mass is 486 g/mol. The first-order valence-corrected chi connectivity index (χ1v) is 13.9. The maximum Gasteiger partial charge on any atom is 0.188 e. The van der Waals surface area contributed by atoms with Gasteiger partial charge in [-0.2, -0.15) is 0 Å². The molecule has 5 heteroatoms. The molecule has 0 N–H and O–H groups in total. The Morgan fingerprint density at radius 1 is 0.853 bits per heavy atom. The summed E-state index contributed by atoms with van der Waals surface area (Å²) < 4.78 is 22.6. The summed E-state index contributed by atoms with van der Waals surface area (Å²) in [7, 11) is 1.67. The van der Waals surface area contributed by atoms with E-state index in [0.29, 0.717) is 0 Å². The van der Waals surface area contributed by atoms with Crippen LogP contribution < -0.4 is 4.74 Å². The maximum atomic E-state index is 6.01. The van der Waals surface area contributed by atoms with Crippen molar-refractivity contribution in [1.82, 2.24) is 0 Å². The molecular formula is C29H42O4S. The Balaban J connectivity index is 1.29. The van der Waals surface area contributed by atoms with Crippen LogP contribution >= 0.6 is 11.8 Å². The Labute approximate surface area is 210 Å². The number of para-hydroxylation sites is 1. The molecule has 0 aliphatic carbocycles. The summed E-state index contributed by atoms with van der Waals surface area (Å²) in [5, 5.41) is 0. The third-order valence-corrected chi connectivity index (χ3v) is 7.18. The average Bonchev–Trinajstić information content (AvgIpc) is 2.88. The molecule has 0 saturated carbocycles. The Hall–Kier alpha value is -1.53. The molecule has 1 atom stereocenters. The molecule has 1 heterocycles. The van der Waals surface area contributed by atoms with E-state index in [-0.39, 0.29) is 13.1 Å². The SMILES string of the molecule is COCOc1c(CCCCCCCCCCOC2CCCCO2)cccc1Sc1ccccc1. The predicted molar refractivity (Wildman–Crippen MR) is 140 cm³/mol. The van der Waals surface area contributed by atoms with Crippen LogP contribution in [0.4, 0.5) is 0 Å². The van der Waals surface area contributed by atoms with Crippen LogP contribution in [0.25, 0.3) is 0 Å². The molecule has 0 spiro atoms. The van der Waals surface area contributed by atoms with Crippen LogP contribution in [0, 0.1) is 0 Å². The fraction of sp³-hybridized carbons (Fsp3) is 0.586. The highest BCUT2D eigenvalue weighted by atomic mass is 32.2. The van der Waals surface area contributed by atoms with Gasteiger partial charge in [-0.05, 0) is 62.3 Å². The molecule has 1 aliphatic heterocycles. The van der Waals surface area contributed by atoms with Gasteiger partial charge < -0.3 is 18.9 Å². The second-order valence-electron chi connectivity index (χ2n) is 8.96. The minimum atomic E-state index is 0.0618. The zero-order valence-corrected chi connectivity index (χ0v) is 21.7. The number of unbranched alkanes of at least 4 members (excludes halogenated alkanes) is 7. The lowest BCUT2D eigenvalue weighted by atomic mass is 10.0. The molecule has 2 aromatic carbocycles. The smallest absolute Gasteiger partial charge is 0.188 e. The molecule has 188 valence electrons. The van der Waals surface area contributed by atoms with E-state index in [2.05, 4.69) is 42.5 Å². The van der Waals surface area contributed by atoms with Gasteiger partial charge in [-0.1, -0.05) is 80.6 Å². The molecule has 2 aromatic rings. The van der Waals surface area contributed by atoms with Crippen molar-refractivity contribution >= 4 is 11.8 Å². The highest BCUT2D eigenvalue weighted by Crippen LogP contribution is 2.38. The van der Waals surface area contributed by atoms with Crippen molar-refractivity contribution < 1.29 is 18.9 Å². The fourth-order valence-electron chi connectivity index (χ4n) is 4.27. The number of benzene rings is 2. The summed E-state index contributed by atoms with van der Waals surface area (Å²) in [5.41, 5.74) is 1.28. The Bertz CT molecular complexity index is 777. The standard InChI is InChI=1S/C29H42O4S/c1-30-24-33-29-25(17-15-20-27(29)34-26-18-10-8-11-19-26)16-9-6-4-2-3-5-7-13-22-31-28-21-12-14-23-32-28/h8,10-11,15,17-20,28H,2-7,9,12-14,16,21-24H2,1H3. The second kappa shape index (κ2) is 17.0. The number of rotatable bonds is 17. The van der Waals surface area contributed by atoms with Crippen LogP contribution in [0.5, 0.6) is 5.75 Å². The summed E-state index contributed by atoms with van der Waals surface area (Å²) in [6.45, 7) is 1.99. The van der Waals surface area contributed by atoms with Crippen molar-refractivity contribution in [2.75, 3.05) is 27.1 Å². The Morgan fingerprint density at radius 2 is 1.62 bits per heavy atom. The summed E-state index contributed by atoms with van der Waals surface area (Å²) in [6.07, 6.45) is 14.7. The Kier molecular flexibility index (Phi) is 13.5. The minimum Gasteiger partial charge on any atom is -0.466 e. The van der Waals surface area contributed by atoms with E-state index >= 15 is 0 Å². The lowest BCUT2D eigenvalue weighted by molar-refractivity contribution is -0.162. The molecule has 0 amide bonds. The number of hydrogen-bond acceptors (Lipinski definition) is 5. The molecule has 0 radical (unpaired) electrons. The van der Waals surface area contributed by atoms with E-state index in [0.717, 1.165) is 43.1 Å². The van der Waals surface area contributed by atoms with Gasteiger partial charge in [0.2, 0.25) is 0 Å². The first-order valence-electron chi connectivity index (χ1n) is 13.1. The number of aryl methyl sites for hydroxylation is 1. The first kappa shape index (κ1) is 27.1. The van der Waals surface area contributed by atoms with E-state index < -0.39 is 0 Å². The van der Waals surface area contributed by atoms with Gasteiger partial charge in [-0.25, -0.2) is 0 Å². The largest absolute Gasteiger partial charge is 0.466 e. The molecule has 34 heavy (non-hydrogen) atoms. The van der Waals surface area contributed by atoms with Crippen LogP contribution in [0.15, 0.2) is 58.3 Å². The molecule has 1 fully saturated rings. The summed E-state index contributed by atoms with van der Waals surface area (Å²) in [5.74, 6) is 0.971. The van der Waals surface area contributed by atoms with Gasteiger partial charge in [0.1, 0.15) is 5.75 Å². The van der Waals surface area contributed by atoms with Crippen molar-refractivity contribution in [2.24, 2.45) is 0 Å². The predicted octanol–water partition coefficient (Wildman–Crippen LogP) is 8.03. The summed E-state index contributed by atoms with van der Waals surface area (Å²) in [4.78, 5) is 2.37. The summed E-state index contributed by atoms with van der Waals surface area (Å²) >= 11 is 1.75. The van der Waals surface area contributed by atoms with Crippen molar-refractivity contribution in [3.8, 4) is 5.75 Å². The Morgan fingerprint density at radius 3 is 2.35 bits per heavy atom. The van der Waals surface area contributed by atoms with Crippen LogP contribution in [-0.2, 0) is 20.6 Å². The zero-order chi connectivity index (χ0) is 23.7. The molecule has 1 saturated heterocycles. The van der Waals surface area contributed by atoms with E-state index in [4.69, 9.17) is 18.9 Å². The molecule has 3 rings (SSSR count). The van der Waals surface area contributed by atoms with Crippen LogP contribution in [0.1, 0.15) is 76.2 Å². The number of ether oxygens (including phenoxy) is 4. The van der Waals surface area contributed by atoms with Gasteiger partial charge >= 0.3 is 0 Å². The van der Waals surface area contributed by atoms with E-state index in [1.54, 1.807) is 18.9 Å². The van der Waals surface area contributed by atoms with E-state index in [1.165, 1.54) is 68.2 Å². The van der Waals surface area contributed by atoms with Gasteiger partial charge in [-0.3, -0.25) is 0 Å². The van der Waals surface area contributed by atoms with Gasteiger partial charge in [-0.15, -0.1) is 0 Å². The minimum absolute atomic E-state index is 0.0618. The highest BCUT2D eigenvalue weighted by Gasteiger charge is 2.13. The normalized spacial score (nSPS) is 16.0. The average molecular weight is 487 g/mol. The summed E-state index contributed by atoms with van der Waals surface area (Å²) in [6, 6.07) is 16.9. The third-order valence-electron chi connectivity index (χ3n) is 6.13. The lowest BCUT2D eigenvalue weighted by Crippen LogP contribution is -2.22. The van der Waals surface area contributed by atoms with E-state index in [9.17, 15) is 0 Å². The van der Waals surface area contributed by atoms with Gasteiger partial charge in [0.05, 0.1) is 4.90 Å². The molecule has 0 bridgehead atoms. The molecule has 1 unspecified atom stereocenters. The molecular weight excluding hydrogens is 444 g/mol. The van der Waals surface area contributed by atoms with Gasteiger partial charge in [0.25, 0.3) is 0 Å². The van der Waals surface area contributed by atoms with Gasteiger partial charge in [0, 0.05) is 25.2 Å². The molecule has 1 aliphatic rings. The van der Waals surface area contributed by atoms with Crippen molar-refractivity contribution in [3.05, 3.63) is 54.1 Å². The maximum absolute atomic E-state index is 6.01. The zero-order valence-electron chi connectivity index (χ0n) is 20.8. The molecule has 4 nitrogen and oxygen atoms in total. The van der Waals surface area contributed by atoms with Crippen molar-refractivity contribution in [1.29, 1.82) is 0 Å². The van der Waals surface area contributed by atoms with Crippen LogP contribution in [0.3, 0.4) is 0 Å². The van der Waals surface area contributed by atoms with Crippen molar-refractivity contribution in [3.63, 3.8) is 0 Å². The highest BCUT2D eigenvalue weighted by molar-refractivity contribution is 7.99. The number of methoxy groups -OCH3 is 1. The number of hydrogen-bond donors (Lipinski definition) is 0. The fourth-order valence-corrected chi connectivity index (χ4v) is 5.25. The van der Waals surface area contributed by atoms with Crippen LogP contribution in [0.2, 0.25) is 0 Å². The topological polar surface area (TPSA) is 36.9 Å². The van der Waals surface area contributed by atoms with Gasteiger partial charge in [0.15, 0.2) is 13.1 Å². The third kappa shape index (κ3) is 10.4. The van der Waals surface area contributed by atoms with Crippen molar-refractivity contribution in [2.45, 2.75) is 93.1 Å². The second-order valence-corrected chi connectivity index (χ2v) is 10.1.